The average Bonchev–Trinajstić information content (AvgIpc) is 2.72. The zero-order chi connectivity index (χ0) is 18.0. The molecule has 0 spiro atoms. The summed E-state index contributed by atoms with van der Waals surface area (Å²) in [6.07, 6.45) is 0. The largest absolute Gasteiger partial charge is 0.0613 e. The van der Waals surface area contributed by atoms with Gasteiger partial charge in [-0.25, -0.2) is 0 Å². The molecule has 0 N–H and O–H groups in total. The van der Waals surface area contributed by atoms with Gasteiger partial charge in [-0.05, 0) is 66.7 Å². The van der Waals surface area contributed by atoms with Gasteiger partial charge in [-0.3, -0.25) is 0 Å². The molecule has 6 rings (SSSR count). The first-order valence-electron chi connectivity index (χ1n) is 9.46. The highest BCUT2D eigenvalue weighted by Gasteiger charge is 2.13. The second-order valence-corrected chi connectivity index (χ2v) is 7.44. The van der Waals surface area contributed by atoms with Crippen LogP contribution in [0.1, 0.15) is 5.56 Å². The number of rotatable bonds is 1. The van der Waals surface area contributed by atoms with E-state index >= 15 is 0 Å². The summed E-state index contributed by atoms with van der Waals surface area (Å²) < 4.78 is 0. The van der Waals surface area contributed by atoms with E-state index in [1.165, 1.54) is 59.8 Å². The molecule has 6 aromatic carbocycles. The second-order valence-electron chi connectivity index (χ2n) is 7.44. The zero-order valence-electron chi connectivity index (χ0n) is 15.2. The number of benzene rings is 6. The lowest BCUT2D eigenvalue weighted by molar-refractivity contribution is 1.53. The van der Waals surface area contributed by atoms with Crippen LogP contribution < -0.4 is 0 Å². The average molecular weight is 342 g/mol. The highest BCUT2D eigenvalue weighted by Crippen LogP contribution is 2.41. The maximum atomic E-state index is 2.30. The molecule has 0 aliphatic carbocycles. The first-order valence-corrected chi connectivity index (χ1v) is 9.46. The molecule has 0 atom stereocenters. The van der Waals surface area contributed by atoms with E-state index in [-0.39, 0.29) is 0 Å². The molecule has 0 aromatic heterocycles. The van der Waals surface area contributed by atoms with Gasteiger partial charge in [0, 0.05) is 0 Å². The van der Waals surface area contributed by atoms with E-state index in [2.05, 4.69) is 97.9 Å². The van der Waals surface area contributed by atoms with Crippen molar-refractivity contribution >= 4 is 43.1 Å². The van der Waals surface area contributed by atoms with Crippen LogP contribution in [0, 0.1) is 6.92 Å². The predicted octanol–water partition coefficient (Wildman–Crippen LogP) is 7.71. The number of aryl methyl sites for hydroxylation is 1. The molecule has 0 saturated heterocycles. The van der Waals surface area contributed by atoms with Gasteiger partial charge in [0.1, 0.15) is 0 Å². The quantitative estimate of drug-likeness (QED) is 0.268. The molecule has 0 heteroatoms. The molecule has 0 aliphatic heterocycles. The fourth-order valence-electron chi connectivity index (χ4n) is 4.67. The first kappa shape index (κ1) is 14.8. The van der Waals surface area contributed by atoms with Crippen molar-refractivity contribution in [2.75, 3.05) is 0 Å². The van der Waals surface area contributed by atoms with Gasteiger partial charge in [0.15, 0.2) is 0 Å². The van der Waals surface area contributed by atoms with Crippen molar-refractivity contribution in [3.05, 3.63) is 96.6 Å². The van der Waals surface area contributed by atoms with Crippen LogP contribution in [0.4, 0.5) is 0 Å². The van der Waals surface area contributed by atoms with Gasteiger partial charge in [-0.15, -0.1) is 0 Å². The van der Waals surface area contributed by atoms with Crippen molar-refractivity contribution in [3.63, 3.8) is 0 Å². The molecule has 0 fully saturated rings. The third-order valence-electron chi connectivity index (χ3n) is 5.96. The SMILES string of the molecule is Cc1cccc2c(-c3ccc4ccc5cccc6ccc3c4c56)cccc12. The third kappa shape index (κ3) is 1.98. The van der Waals surface area contributed by atoms with E-state index in [0.29, 0.717) is 0 Å². The van der Waals surface area contributed by atoms with Crippen molar-refractivity contribution < 1.29 is 0 Å². The van der Waals surface area contributed by atoms with Gasteiger partial charge in [0.2, 0.25) is 0 Å². The minimum atomic E-state index is 1.31. The minimum absolute atomic E-state index is 1.31. The molecular formula is C27H18. The van der Waals surface area contributed by atoms with Gasteiger partial charge in [-0.1, -0.05) is 91.0 Å². The van der Waals surface area contributed by atoms with E-state index in [1.54, 1.807) is 0 Å². The van der Waals surface area contributed by atoms with Gasteiger partial charge in [-0.2, -0.15) is 0 Å². The zero-order valence-corrected chi connectivity index (χ0v) is 15.2. The van der Waals surface area contributed by atoms with Crippen LogP contribution in [0.15, 0.2) is 91.0 Å². The number of fused-ring (bicyclic) bond motifs is 1. The number of hydrogen-bond acceptors (Lipinski definition) is 0. The Bertz CT molecular complexity index is 1450. The summed E-state index contributed by atoms with van der Waals surface area (Å²) >= 11 is 0. The summed E-state index contributed by atoms with van der Waals surface area (Å²) in [5.74, 6) is 0. The minimum Gasteiger partial charge on any atom is -0.0613 e. The summed E-state index contributed by atoms with van der Waals surface area (Å²) in [5, 5.41) is 10.7. The smallest absolute Gasteiger partial charge is 0.00206 e. The van der Waals surface area contributed by atoms with Crippen LogP contribution in [0.2, 0.25) is 0 Å². The maximum Gasteiger partial charge on any atom is -0.00206 e. The van der Waals surface area contributed by atoms with Crippen molar-refractivity contribution in [2.24, 2.45) is 0 Å². The summed E-state index contributed by atoms with van der Waals surface area (Å²) in [6.45, 7) is 2.19. The molecule has 0 unspecified atom stereocenters. The van der Waals surface area contributed by atoms with E-state index in [0.717, 1.165) is 0 Å². The fourth-order valence-corrected chi connectivity index (χ4v) is 4.67. The molecule has 0 saturated carbocycles. The van der Waals surface area contributed by atoms with Gasteiger partial charge < -0.3 is 0 Å². The Morgan fingerprint density at radius 3 is 1.85 bits per heavy atom. The molecule has 27 heavy (non-hydrogen) atoms. The highest BCUT2D eigenvalue weighted by atomic mass is 14.2. The van der Waals surface area contributed by atoms with Crippen LogP contribution in [-0.4, -0.2) is 0 Å². The fraction of sp³-hybridized carbons (Fsp3) is 0.0370. The van der Waals surface area contributed by atoms with E-state index in [1.807, 2.05) is 0 Å². The van der Waals surface area contributed by atoms with Crippen LogP contribution in [0.25, 0.3) is 54.2 Å². The Morgan fingerprint density at radius 1 is 0.407 bits per heavy atom. The second kappa shape index (κ2) is 5.31. The molecule has 0 aliphatic rings. The molecule has 0 heterocycles. The highest BCUT2D eigenvalue weighted by molar-refractivity contribution is 6.26. The summed E-state index contributed by atoms with van der Waals surface area (Å²) in [6, 6.07) is 33.5. The lowest BCUT2D eigenvalue weighted by Crippen LogP contribution is -1.88. The normalized spacial score (nSPS) is 11.9. The topological polar surface area (TPSA) is 0 Å². The Balaban J connectivity index is 1.81. The molecule has 0 bridgehead atoms. The molecular weight excluding hydrogens is 324 g/mol. The lowest BCUT2D eigenvalue weighted by Gasteiger charge is -2.15. The Hall–Kier alpha value is -3.38. The van der Waals surface area contributed by atoms with E-state index < -0.39 is 0 Å². The third-order valence-corrected chi connectivity index (χ3v) is 5.96. The summed E-state index contributed by atoms with van der Waals surface area (Å²) in [7, 11) is 0. The monoisotopic (exact) mass is 342 g/mol. The van der Waals surface area contributed by atoms with Gasteiger partial charge >= 0.3 is 0 Å². The van der Waals surface area contributed by atoms with Gasteiger partial charge in [0.05, 0.1) is 0 Å². The predicted molar refractivity (Wildman–Crippen MR) is 118 cm³/mol. The standard InChI is InChI=1S/C27H18/c1-17-5-2-9-22-21(17)8-4-10-23(22)24-15-13-20-12-11-18-6-3-7-19-14-16-25(24)27(20)26(18)19/h2-16H,1H3. The van der Waals surface area contributed by atoms with Crippen molar-refractivity contribution in [1.29, 1.82) is 0 Å². The van der Waals surface area contributed by atoms with E-state index in [4.69, 9.17) is 0 Å². The van der Waals surface area contributed by atoms with Crippen LogP contribution >= 0.6 is 0 Å². The Labute approximate surface area is 158 Å². The van der Waals surface area contributed by atoms with Crippen LogP contribution in [0.3, 0.4) is 0 Å². The lowest BCUT2D eigenvalue weighted by atomic mass is 9.88. The molecule has 6 aromatic rings. The summed E-state index contributed by atoms with van der Waals surface area (Å²) in [4.78, 5) is 0. The van der Waals surface area contributed by atoms with Crippen LogP contribution in [0.5, 0.6) is 0 Å². The van der Waals surface area contributed by atoms with Crippen molar-refractivity contribution in [3.8, 4) is 11.1 Å². The van der Waals surface area contributed by atoms with Gasteiger partial charge in [0.25, 0.3) is 0 Å². The molecule has 0 nitrogen and oxygen atoms in total. The Kier molecular flexibility index (Phi) is 2.90. The molecule has 0 amide bonds. The molecule has 126 valence electrons. The maximum absolute atomic E-state index is 2.30. The summed E-state index contributed by atoms with van der Waals surface area (Å²) in [5.41, 5.74) is 3.96. The van der Waals surface area contributed by atoms with Crippen LogP contribution in [-0.2, 0) is 0 Å². The van der Waals surface area contributed by atoms with Crippen molar-refractivity contribution in [2.45, 2.75) is 6.92 Å². The molecule has 0 radical (unpaired) electrons. The van der Waals surface area contributed by atoms with Crippen molar-refractivity contribution in [1.82, 2.24) is 0 Å². The Morgan fingerprint density at radius 2 is 1.00 bits per heavy atom. The first-order chi connectivity index (χ1) is 13.3. The van der Waals surface area contributed by atoms with E-state index in [9.17, 15) is 0 Å². The number of hydrogen-bond donors (Lipinski definition) is 0.